The average molecular weight is 370 g/mol. The Kier molecular flexibility index (Phi) is 5.04. The first-order valence-corrected chi connectivity index (χ1v) is 9.16. The van der Waals surface area contributed by atoms with Crippen molar-refractivity contribution in [2.24, 2.45) is 0 Å². The molecular formula is C20H26N4O3. The first kappa shape index (κ1) is 19.1. The molecule has 0 saturated carbocycles. The van der Waals surface area contributed by atoms with Crippen LogP contribution >= 0.6 is 0 Å². The lowest BCUT2D eigenvalue weighted by Crippen LogP contribution is -2.51. The van der Waals surface area contributed by atoms with E-state index in [9.17, 15) is 9.59 Å². The summed E-state index contributed by atoms with van der Waals surface area (Å²) < 4.78 is 5.39. The largest absolute Gasteiger partial charge is 0.444 e. The summed E-state index contributed by atoms with van der Waals surface area (Å²) in [6.45, 7) is 11.3. The zero-order valence-electron chi connectivity index (χ0n) is 16.6. The van der Waals surface area contributed by atoms with Crippen LogP contribution in [-0.2, 0) is 4.74 Å². The third-order valence-electron chi connectivity index (χ3n) is 4.54. The van der Waals surface area contributed by atoms with Gasteiger partial charge in [0.05, 0.1) is 22.4 Å². The lowest BCUT2D eigenvalue weighted by Gasteiger charge is -2.35. The van der Waals surface area contributed by atoms with Gasteiger partial charge in [-0.05, 0) is 52.8 Å². The number of carbonyl (C=O) groups is 2. The van der Waals surface area contributed by atoms with Crippen LogP contribution in [0, 0.1) is 13.8 Å². The highest BCUT2D eigenvalue weighted by atomic mass is 16.6. The van der Waals surface area contributed by atoms with Gasteiger partial charge in [-0.2, -0.15) is 0 Å². The summed E-state index contributed by atoms with van der Waals surface area (Å²) in [5, 5.41) is 0. The normalized spacial score (nSPS) is 15.1. The number of hydrogen-bond donors (Lipinski definition) is 0. The molecule has 0 unspecified atom stereocenters. The highest BCUT2D eigenvalue weighted by Gasteiger charge is 2.28. The van der Waals surface area contributed by atoms with Crippen LogP contribution in [0.4, 0.5) is 4.79 Å². The van der Waals surface area contributed by atoms with Crippen LogP contribution in [0.2, 0.25) is 0 Å². The van der Waals surface area contributed by atoms with Crippen LogP contribution in [0.25, 0.3) is 11.0 Å². The first-order valence-electron chi connectivity index (χ1n) is 9.16. The molecule has 1 aromatic carbocycles. The van der Waals surface area contributed by atoms with Gasteiger partial charge in [-0.25, -0.2) is 14.8 Å². The van der Waals surface area contributed by atoms with Crippen LogP contribution in [0.5, 0.6) is 0 Å². The number of ether oxygens (including phenoxy) is 1. The maximum atomic E-state index is 12.8. The highest BCUT2D eigenvalue weighted by Crippen LogP contribution is 2.17. The van der Waals surface area contributed by atoms with Gasteiger partial charge in [0.25, 0.3) is 5.91 Å². The number of aryl methyl sites for hydroxylation is 2. The molecule has 2 heterocycles. The Hall–Kier alpha value is -2.70. The van der Waals surface area contributed by atoms with E-state index in [2.05, 4.69) is 9.97 Å². The van der Waals surface area contributed by atoms with Crippen LogP contribution in [-0.4, -0.2) is 63.5 Å². The summed E-state index contributed by atoms with van der Waals surface area (Å²) in [6.07, 6.45) is -0.332. The zero-order valence-corrected chi connectivity index (χ0v) is 16.6. The summed E-state index contributed by atoms with van der Waals surface area (Å²) >= 11 is 0. The maximum absolute atomic E-state index is 12.8. The summed E-state index contributed by atoms with van der Waals surface area (Å²) in [5.74, 6) is -0.0548. The number of rotatable bonds is 1. The van der Waals surface area contributed by atoms with Gasteiger partial charge >= 0.3 is 6.09 Å². The lowest BCUT2D eigenvalue weighted by molar-refractivity contribution is 0.0141. The Balaban J connectivity index is 1.68. The number of hydrogen-bond acceptors (Lipinski definition) is 5. The van der Waals surface area contributed by atoms with Crippen molar-refractivity contribution in [1.29, 1.82) is 0 Å². The van der Waals surface area contributed by atoms with Gasteiger partial charge in [0.15, 0.2) is 0 Å². The topological polar surface area (TPSA) is 75.6 Å². The third kappa shape index (κ3) is 4.35. The standard InChI is InChI=1S/C20H26N4O3/c1-13-14(2)22-17-12-15(6-7-16(17)21-13)18(25)23-8-10-24(11-9-23)19(26)27-20(3,4)5/h6-7,12H,8-11H2,1-5H3. The average Bonchev–Trinajstić information content (AvgIpc) is 2.60. The van der Waals surface area contributed by atoms with E-state index in [-0.39, 0.29) is 12.0 Å². The minimum absolute atomic E-state index is 0.0548. The minimum Gasteiger partial charge on any atom is -0.444 e. The number of amides is 2. The van der Waals surface area contributed by atoms with Gasteiger partial charge in [0.2, 0.25) is 0 Å². The van der Waals surface area contributed by atoms with E-state index >= 15 is 0 Å². The fraction of sp³-hybridized carbons (Fsp3) is 0.500. The molecule has 1 fully saturated rings. The third-order valence-corrected chi connectivity index (χ3v) is 4.54. The molecule has 1 aliphatic rings. The Morgan fingerprint density at radius 1 is 0.926 bits per heavy atom. The molecule has 7 nitrogen and oxygen atoms in total. The van der Waals surface area contributed by atoms with E-state index in [0.717, 1.165) is 22.4 Å². The van der Waals surface area contributed by atoms with Crippen LogP contribution in [0.15, 0.2) is 18.2 Å². The van der Waals surface area contributed by atoms with Crippen molar-refractivity contribution in [1.82, 2.24) is 19.8 Å². The molecule has 0 atom stereocenters. The number of benzene rings is 1. The quantitative estimate of drug-likeness (QED) is 0.771. The molecule has 0 N–H and O–H groups in total. The zero-order chi connectivity index (χ0) is 19.8. The highest BCUT2D eigenvalue weighted by molar-refractivity contribution is 5.97. The Morgan fingerprint density at radius 2 is 1.48 bits per heavy atom. The fourth-order valence-corrected chi connectivity index (χ4v) is 2.96. The molecule has 1 aliphatic heterocycles. The molecule has 2 aromatic rings. The molecule has 0 spiro atoms. The fourth-order valence-electron chi connectivity index (χ4n) is 2.96. The van der Waals surface area contributed by atoms with Gasteiger partial charge in [0.1, 0.15) is 5.60 Å². The van der Waals surface area contributed by atoms with E-state index in [4.69, 9.17) is 4.74 Å². The molecule has 2 amide bonds. The number of aromatic nitrogens is 2. The second kappa shape index (κ2) is 7.13. The van der Waals surface area contributed by atoms with E-state index in [1.807, 2.05) is 40.7 Å². The molecule has 0 aliphatic carbocycles. The number of piperazine rings is 1. The lowest BCUT2D eigenvalue weighted by atomic mass is 10.1. The van der Waals surface area contributed by atoms with Crippen molar-refractivity contribution in [2.75, 3.05) is 26.2 Å². The Morgan fingerprint density at radius 3 is 2.07 bits per heavy atom. The van der Waals surface area contributed by atoms with Crippen LogP contribution in [0.3, 0.4) is 0 Å². The van der Waals surface area contributed by atoms with Crippen molar-refractivity contribution < 1.29 is 14.3 Å². The monoisotopic (exact) mass is 370 g/mol. The SMILES string of the molecule is Cc1nc2ccc(C(=O)N3CCN(C(=O)OC(C)(C)C)CC3)cc2nc1C. The number of nitrogens with zero attached hydrogens (tertiary/aromatic N) is 4. The Bertz CT molecular complexity index is 881. The maximum Gasteiger partial charge on any atom is 0.410 e. The molecule has 27 heavy (non-hydrogen) atoms. The molecule has 144 valence electrons. The molecule has 7 heteroatoms. The summed E-state index contributed by atoms with van der Waals surface area (Å²) in [4.78, 5) is 37.4. The molecule has 0 bridgehead atoms. The van der Waals surface area contributed by atoms with Gasteiger partial charge in [-0.15, -0.1) is 0 Å². The number of carbonyl (C=O) groups excluding carboxylic acids is 2. The van der Waals surface area contributed by atoms with E-state index in [0.29, 0.717) is 31.7 Å². The minimum atomic E-state index is -0.521. The molecule has 1 saturated heterocycles. The Labute approximate surface area is 159 Å². The van der Waals surface area contributed by atoms with Crippen molar-refractivity contribution >= 4 is 23.0 Å². The van der Waals surface area contributed by atoms with Crippen molar-refractivity contribution in [3.63, 3.8) is 0 Å². The molecular weight excluding hydrogens is 344 g/mol. The van der Waals surface area contributed by atoms with Gasteiger partial charge < -0.3 is 14.5 Å². The van der Waals surface area contributed by atoms with Gasteiger partial charge in [-0.3, -0.25) is 4.79 Å². The van der Waals surface area contributed by atoms with E-state index in [1.54, 1.807) is 21.9 Å². The van der Waals surface area contributed by atoms with Crippen LogP contribution < -0.4 is 0 Å². The van der Waals surface area contributed by atoms with Gasteiger partial charge in [-0.1, -0.05) is 0 Å². The molecule has 3 rings (SSSR count). The van der Waals surface area contributed by atoms with E-state index in [1.165, 1.54) is 0 Å². The smallest absolute Gasteiger partial charge is 0.410 e. The molecule has 1 aromatic heterocycles. The predicted molar refractivity (Wildman–Crippen MR) is 103 cm³/mol. The molecule has 0 radical (unpaired) electrons. The first-order chi connectivity index (χ1) is 12.6. The summed E-state index contributed by atoms with van der Waals surface area (Å²) in [5.41, 5.74) is 3.32. The van der Waals surface area contributed by atoms with E-state index < -0.39 is 5.60 Å². The van der Waals surface area contributed by atoms with Crippen molar-refractivity contribution in [2.45, 2.75) is 40.2 Å². The summed E-state index contributed by atoms with van der Waals surface area (Å²) in [6, 6.07) is 5.41. The summed E-state index contributed by atoms with van der Waals surface area (Å²) in [7, 11) is 0. The second-order valence-corrected chi connectivity index (χ2v) is 7.86. The van der Waals surface area contributed by atoms with Crippen LogP contribution in [0.1, 0.15) is 42.5 Å². The van der Waals surface area contributed by atoms with Gasteiger partial charge in [0, 0.05) is 31.7 Å². The van der Waals surface area contributed by atoms with Crippen molar-refractivity contribution in [3.8, 4) is 0 Å². The predicted octanol–water partition coefficient (Wildman–Crippen LogP) is 2.94. The van der Waals surface area contributed by atoms with Crippen molar-refractivity contribution in [3.05, 3.63) is 35.2 Å². The second-order valence-electron chi connectivity index (χ2n) is 7.86. The number of fused-ring (bicyclic) bond motifs is 1.